The third-order valence-electron chi connectivity index (χ3n) is 4.74. The molecule has 0 amide bonds. The van der Waals surface area contributed by atoms with Crippen LogP contribution in [0, 0.1) is 0 Å². The van der Waals surface area contributed by atoms with Gasteiger partial charge in [0.05, 0.1) is 17.8 Å². The van der Waals surface area contributed by atoms with Gasteiger partial charge in [0.1, 0.15) is 5.56 Å². The Hall–Kier alpha value is -2.67. The van der Waals surface area contributed by atoms with Gasteiger partial charge in [-0.3, -0.25) is 4.98 Å². The van der Waals surface area contributed by atoms with E-state index in [9.17, 15) is 4.79 Å². The summed E-state index contributed by atoms with van der Waals surface area (Å²) in [7, 11) is 0. The van der Waals surface area contributed by atoms with Gasteiger partial charge in [0.2, 0.25) is 0 Å². The summed E-state index contributed by atoms with van der Waals surface area (Å²) in [6, 6.07) is 7.97. The Kier molecular flexibility index (Phi) is 5.20. The number of pyridine rings is 1. The summed E-state index contributed by atoms with van der Waals surface area (Å²) in [5, 5.41) is 4.06. The molecule has 27 heavy (non-hydrogen) atoms. The molecule has 0 N–H and O–H groups in total. The van der Waals surface area contributed by atoms with Crippen molar-refractivity contribution in [3.8, 4) is 0 Å². The molecule has 3 aromatic rings. The molecule has 1 fully saturated rings. The van der Waals surface area contributed by atoms with Crippen LogP contribution in [0.5, 0.6) is 0 Å². The zero-order chi connectivity index (χ0) is 18.6. The largest absolute Gasteiger partial charge is 0.462 e. The van der Waals surface area contributed by atoms with Crippen LogP contribution in [0.3, 0.4) is 0 Å². The van der Waals surface area contributed by atoms with Gasteiger partial charge in [0.15, 0.2) is 5.13 Å². The van der Waals surface area contributed by atoms with Crippen molar-refractivity contribution >= 4 is 39.0 Å². The SMILES string of the molecule is CCOC(=O)c1cnc2ccccc2c1N1CCCN(c2nccs2)CC1. The molecule has 1 aliphatic rings. The number of hydrogen-bond donors (Lipinski definition) is 0. The van der Waals surface area contributed by atoms with Crippen molar-refractivity contribution in [3.05, 3.63) is 47.6 Å². The fourth-order valence-electron chi connectivity index (χ4n) is 3.53. The Morgan fingerprint density at radius 1 is 1.15 bits per heavy atom. The van der Waals surface area contributed by atoms with Crippen LogP contribution < -0.4 is 9.80 Å². The van der Waals surface area contributed by atoms with Gasteiger partial charge in [-0.05, 0) is 19.4 Å². The molecule has 1 saturated heterocycles. The van der Waals surface area contributed by atoms with Crippen molar-refractivity contribution < 1.29 is 9.53 Å². The van der Waals surface area contributed by atoms with E-state index in [4.69, 9.17) is 4.74 Å². The van der Waals surface area contributed by atoms with Crippen LogP contribution in [0.15, 0.2) is 42.0 Å². The molecule has 2 aromatic heterocycles. The highest BCUT2D eigenvalue weighted by Gasteiger charge is 2.24. The number of aromatic nitrogens is 2. The average Bonchev–Trinajstić information content (AvgIpc) is 3.12. The van der Waals surface area contributed by atoms with E-state index in [2.05, 4.69) is 19.8 Å². The molecule has 1 aromatic carbocycles. The Labute approximate surface area is 162 Å². The molecular weight excluding hydrogens is 360 g/mol. The minimum absolute atomic E-state index is 0.313. The number of rotatable bonds is 4. The molecule has 0 spiro atoms. The minimum atomic E-state index is -0.313. The molecule has 140 valence electrons. The summed E-state index contributed by atoms with van der Waals surface area (Å²) in [6.07, 6.45) is 4.50. The van der Waals surface area contributed by atoms with Gasteiger partial charge in [0.25, 0.3) is 0 Å². The van der Waals surface area contributed by atoms with E-state index in [0.29, 0.717) is 12.2 Å². The number of esters is 1. The van der Waals surface area contributed by atoms with E-state index in [1.54, 1.807) is 17.5 Å². The Morgan fingerprint density at radius 2 is 1.96 bits per heavy atom. The molecule has 3 heterocycles. The predicted molar refractivity (Wildman–Crippen MR) is 109 cm³/mol. The third kappa shape index (κ3) is 3.60. The minimum Gasteiger partial charge on any atom is -0.462 e. The molecule has 0 aliphatic carbocycles. The lowest BCUT2D eigenvalue weighted by Gasteiger charge is -2.26. The summed E-state index contributed by atoms with van der Waals surface area (Å²) < 4.78 is 5.30. The predicted octanol–water partition coefficient (Wildman–Crippen LogP) is 3.58. The zero-order valence-corrected chi connectivity index (χ0v) is 16.1. The maximum Gasteiger partial charge on any atom is 0.341 e. The monoisotopic (exact) mass is 382 g/mol. The van der Waals surface area contributed by atoms with Crippen molar-refractivity contribution in [2.24, 2.45) is 0 Å². The molecule has 0 atom stereocenters. The van der Waals surface area contributed by atoms with Gasteiger partial charge in [-0.1, -0.05) is 18.2 Å². The number of carbonyl (C=O) groups is 1. The topological polar surface area (TPSA) is 58.6 Å². The zero-order valence-electron chi connectivity index (χ0n) is 15.3. The van der Waals surface area contributed by atoms with E-state index < -0.39 is 0 Å². The van der Waals surface area contributed by atoms with Crippen LogP contribution in [-0.2, 0) is 4.74 Å². The van der Waals surface area contributed by atoms with E-state index in [-0.39, 0.29) is 5.97 Å². The molecule has 0 unspecified atom stereocenters. The number of para-hydroxylation sites is 1. The van der Waals surface area contributed by atoms with Crippen LogP contribution >= 0.6 is 11.3 Å². The molecule has 6 nitrogen and oxygen atoms in total. The summed E-state index contributed by atoms with van der Waals surface area (Å²) >= 11 is 1.67. The van der Waals surface area contributed by atoms with Gasteiger partial charge in [-0.25, -0.2) is 9.78 Å². The summed E-state index contributed by atoms with van der Waals surface area (Å²) in [5.41, 5.74) is 2.36. The molecule has 0 bridgehead atoms. The maximum atomic E-state index is 12.6. The number of fused-ring (bicyclic) bond motifs is 1. The van der Waals surface area contributed by atoms with E-state index in [1.807, 2.05) is 42.8 Å². The van der Waals surface area contributed by atoms with Crippen LogP contribution in [-0.4, -0.2) is 48.7 Å². The quantitative estimate of drug-likeness (QED) is 0.643. The van der Waals surface area contributed by atoms with Gasteiger partial charge in [-0.2, -0.15) is 0 Å². The van der Waals surface area contributed by atoms with Crippen molar-refractivity contribution in [2.75, 3.05) is 42.6 Å². The van der Waals surface area contributed by atoms with Gasteiger partial charge >= 0.3 is 5.97 Å². The highest BCUT2D eigenvalue weighted by Crippen LogP contribution is 2.31. The van der Waals surface area contributed by atoms with Crippen LogP contribution in [0.1, 0.15) is 23.7 Å². The fraction of sp³-hybridized carbons (Fsp3) is 0.350. The van der Waals surface area contributed by atoms with Crippen molar-refractivity contribution in [3.63, 3.8) is 0 Å². The Bertz CT molecular complexity index is 929. The summed E-state index contributed by atoms with van der Waals surface area (Å²) in [4.78, 5) is 26.1. The molecular formula is C20H22N4O2S. The number of hydrogen-bond acceptors (Lipinski definition) is 7. The maximum absolute atomic E-state index is 12.6. The molecule has 0 radical (unpaired) electrons. The first-order valence-corrected chi connectivity index (χ1v) is 10.1. The number of thiazole rings is 1. The summed E-state index contributed by atoms with van der Waals surface area (Å²) in [5.74, 6) is -0.313. The highest BCUT2D eigenvalue weighted by molar-refractivity contribution is 7.13. The normalized spacial score (nSPS) is 15.0. The fourth-order valence-corrected chi connectivity index (χ4v) is 4.23. The lowest BCUT2D eigenvalue weighted by Crippen LogP contribution is -2.31. The molecule has 0 saturated carbocycles. The van der Waals surface area contributed by atoms with Crippen molar-refractivity contribution in [2.45, 2.75) is 13.3 Å². The van der Waals surface area contributed by atoms with Gasteiger partial charge < -0.3 is 14.5 Å². The lowest BCUT2D eigenvalue weighted by atomic mass is 10.1. The van der Waals surface area contributed by atoms with Gasteiger partial charge in [-0.15, -0.1) is 11.3 Å². The number of carbonyl (C=O) groups excluding carboxylic acids is 1. The average molecular weight is 382 g/mol. The van der Waals surface area contributed by atoms with E-state index in [0.717, 1.165) is 54.3 Å². The van der Waals surface area contributed by atoms with Crippen LogP contribution in [0.2, 0.25) is 0 Å². The first kappa shape index (κ1) is 17.7. The molecule has 7 heteroatoms. The third-order valence-corrected chi connectivity index (χ3v) is 5.58. The molecule has 1 aliphatic heterocycles. The van der Waals surface area contributed by atoms with Gasteiger partial charge in [0, 0.05) is 49.3 Å². The molecule has 4 rings (SSSR count). The standard InChI is InChI=1S/C20H22N4O2S/c1-2-26-19(25)16-14-22-17-7-4-3-6-15(17)18(16)23-9-5-10-24(12-11-23)20-21-8-13-27-20/h3-4,6-8,13-14H,2,5,9-12H2,1H3. The first-order valence-electron chi connectivity index (χ1n) is 9.22. The van der Waals surface area contributed by atoms with Crippen molar-refractivity contribution in [1.82, 2.24) is 9.97 Å². The first-order chi connectivity index (χ1) is 13.3. The number of benzene rings is 1. The Morgan fingerprint density at radius 3 is 2.78 bits per heavy atom. The second kappa shape index (κ2) is 7.92. The smallest absolute Gasteiger partial charge is 0.341 e. The van der Waals surface area contributed by atoms with Crippen LogP contribution in [0.25, 0.3) is 10.9 Å². The van der Waals surface area contributed by atoms with Crippen LogP contribution in [0.4, 0.5) is 10.8 Å². The Balaban J connectivity index is 1.71. The van der Waals surface area contributed by atoms with Crippen molar-refractivity contribution in [1.29, 1.82) is 0 Å². The van der Waals surface area contributed by atoms with E-state index in [1.165, 1.54) is 0 Å². The number of nitrogens with zero attached hydrogens (tertiary/aromatic N) is 4. The second-order valence-corrected chi connectivity index (χ2v) is 7.27. The highest BCUT2D eigenvalue weighted by atomic mass is 32.1. The lowest BCUT2D eigenvalue weighted by molar-refractivity contribution is 0.0527. The summed E-state index contributed by atoms with van der Waals surface area (Å²) in [6.45, 7) is 5.70. The number of ether oxygens (including phenoxy) is 1. The number of anilines is 2. The second-order valence-electron chi connectivity index (χ2n) is 6.40. The van der Waals surface area contributed by atoms with E-state index >= 15 is 0 Å².